The summed E-state index contributed by atoms with van der Waals surface area (Å²) in [5.41, 5.74) is 2.00. The average Bonchev–Trinajstić information content (AvgIpc) is 2.77. The number of hydrogen-bond acceptors (Lipinski definition) is 5. The van der Waals surface area contributed by atoms with Crippen molar-refractivity contribution in [3.8, 4) is 23.0 Å². The van der Waals surface area contributed by atoms with E-state index in [1.165, 1.54) is 12.1 Å². The van der Waals surface area contributed by atoms with Crippen molar-refractivity contribution in [1.29, 1.82) is 0 Å². The maximum absolute atomic E-state index is 12.5. The predicted octanol–water partition coefficient (Wildman–Crippen LogP) is 5.27. The molecule has 3 aromatic carbocycles. The van der Waals surface area contributed by atoms with Crippen LogP contribution in [-0.4, -0.2) is 24.6 Å². The van der Waals surface area contributed by atoms with Crippen LogP contribution in [0.25, 0.3) is 6.08 Å². The summed E-state index contributed by atoms with van der Waals surface area (Å²) in [6, 6.07) is 19.9. The number of hydrogen-bond donors (Lipinski definition) is 1. The molecule has 0 aromatic heterocycles. The molecule has 0 radical (unpaired) electrons. The maximum atomic E-state index is 12.5. The van der Waals surface area contributed by atoms with Crippen molar-refractivity contribution in [3.05, 3.63) is 89.5 Å². The highest BCUT2D eigenvalue weighted by Crippen LogP contribution is 2.28. The van der Waals surface area contributed by atoms with Crippen LogP contribution in [0.3, 0.4) is 0 Å². The fraction of sp³-hybridized carbons (Fsp3) is 0.160. The third kappa shape index (κ3) is 5.41. The third-order valence-corrected chi connectivity index (χ3v) is 4.41. The van der Waals surface area contributed by atoms with E-state index < -0.39 is 0 Å². The molecule has 0 heterocycles. The molecule has 0 amide bonds. The first kappa shape index (κ1) is 21.0. The van der Waals surface area contributed by atoms with Gasteiger partial charge < -0.3 is 19.3 Å². The summed E-state index contributed by atoms with van der Waals surface area (Å²) in [5, 5.41) is 10.1. The van der Waals surface area contributed by atoms with E-state index in [9.17, 15) is 9.90 Å². The molecule has 0 bridgehead atoms. The second-order valence-electron chi connectivity index (χ2n) is 6.49. The van der Waals surface area contributed by atoms with Gasteiger partial charge >= 0.3 is 0 Å². The van der Waals surface area contributed by atoms with Gasteiger partial charge in [0.25, 0.3) is 0 Å². The lowest BCUT2D eigenvalue weighted by Crippen LogP contribution is -1.98. The highest BCUT2D eigenvalue weighted by molar-refractivity contribution is 6.08. The van der Waals surface area contributed by atoms with E-state index in [0.29, 0.717) is 30.5 Å². The van der Waals surface area contributed by atoms with Crippen molar-refractivity contribution in [2.75, 3.05) is 13.7 Å². The molecule has 0 spiro atoms. The van der Waals surface area contributed by atoms with Gasteiger partial charge in [0.05, 0.1) is 19.3 Å². The van der Waals surface area contributed by atoms with Crippen molar-refractivity contribution >= 4 is 11.9 Å². The second-order valence-corrected chi connectivity index (χ2v) is 6.49. The number of ketones is 1. The van der Waals surface area contributed by atoms with Crippen LogP contribution in [0, 0.1) is 0 Å². The summed E-state index contributed by atoms with van der Waals surface area (Å²) in [6.07, 6.45) is 3.05. The van der Waals surface area contributed by atoms with Gasteiger partial charge in [-0.25, -0.2) is 0 Å². The van der Waals surface area contributed by atoms with Crippen LogP contribution >= 0.6 is 0 Å². The molecule has 5 heteroatoms. The van der Waals surface area contributed by atoms with E-state index in [4.69, 9.17) is 14.2 Å². The zero-order chi connectivity index (χ0) is 21.3. The number of rotatable bonds is 9. The first-order valence-electron chi connectivity index (χ1n) is 9.63. The van der Waals surface area contributed by atoms with Crippen molar-refractivity contribution < 1.29 is 24.1 Å². The second kappa shape index (κ2) is 10.2. The molecule has 0 unspecified atom stereocenters. The van der Waals surface area contributed by atoms with Crippen molar-refractivity contribution in [3.63, 3.8) is 0 Å². The van der Waals surface area contributed by atoms with E-state index in [1.807, 2.05) is 49.4 Å². The molecule has 1 N–H and O–H groups in total. The largest absolute Gasteiger partial charge is 0.507 e. The minimum absolute atomic E-state index is 0.118. The molecular formula is C25H24O5. The maximum Gasteiger partial charge on any atom is 0.189 e. The summed E-state index contributed by atoms with van der Waals surface area (Å²) in [5.74, 6) is 1.33. The fourth-order valence-corrected chi connectivity index (χ4v) is 2.89. The lowest BCUT2D eigenvalue weighted by atomic mass is 10.1. The highest BCUT2D eigenvalue weighted by atomic mass is 16.5. The lowest BCUT2D eigenvalue weighted by Gasteiger charge is -2.10. The summed E-state index contributed by atoms with van der Waals surface area (Å²) < 4.78 is 16.6. The van der Waals surface area contributed by atoms with Crippen LogP contribution in [0.1, 0.15) is 28.4 Å². The smallest absolute Gasteiger partial charge is 0.189 e. The van der Waals surface area contributed by atoms with Gasteiger partial charge in [0.2, 0.25) is 0 Å². The molecule has 0 saturated carbocycles. The molecule has 154 valence electrons. The Labute approximate surface area is 176 Å². The lowest BCUT2D eigenvalue weighted by molar-refractivity contribution is 0.104. The van der Waals surface area contributed by atoms with Crippen LogP contribution in [-0.2, 0) is 6.61 Å². The monoisotopic (exact) mass is 404 g/mol. The molecule has 0 atom stereocenters. The van der Waals surface area contributed by atoms with E-state index in [1.54, 1.807) is 31.4 Å². The Hall–Kier alpha value is -3.73. The van der Waals surface area contributed by atoms with Crippen LogP contribution in [0.4, 0.5) is 0 Å². The Morgan fingerprint density at radius 1 is 0.967 bits per heavy atom. The molecule has 0 aliphatic carbocycles. The first-order chi connectivity index (χ1) is 14.6. The summed E-state index contributed by atoms with van der Waals surface area (Å²) in [6.45, 7) is 2.79. The number of allylic oxidation sites excluding steroid dienone is 1. The molecule has 3 aromatic rings. The summed E-state index contributed by atoms with van der Waals surface area (Å²) in [7, 11) is 1.56. The van der Waals surface area contributed by atoms with Gasteiger partial charge in [0, 0.05) is 17.7 Å². The molecule has 0 aliphatic heterocycles. The number of ether oxygens (including phenoxy) is 3. The van der Waals surface area contributed by atoms with Gasteiger partial charge in [0.15, 0.2) is 5.78 Å². The number of phenolic OH excluding ortho intramolecular Hbond substituents is 1. The quantitative estimate of drug-likeness (QED) is 0.389. The predicted molar refractivity (Wildman–Crippen MR) is 116 cm³/mol. The van der Waals surface area contributed by atoms with E-state index in [0.717, 1.165) is 11.1 Å². The van der Waals surface area contributed by atoms with E-state index >= 15 is 0 Å². The van der Waals surface area contributed by atoms with Crippen LogP contribution in [0.2, 0.25) is 0 Å². The van der Waals surface area contributed by atoms with Crippen molar-refractivity contribution in [2.45, 2.75) is 13.5 Å². The average molecular weight is 404 g/mol. The Morgan fingerprint density at radius 2 is 1.70 bits per heavy atom. The minimum Gasteiger partial charge on any atom is -0.507 e. The van der Waals surface area contributed by atoms with Crippen LogP contribution < -0.4 is 14.2 Å². The standard InChI is InChI=1S/C25H24O5/c1-3-29-20-12-13-22(24(27)15-20)23(26)14-10-19-9-11-21(16-25(19)28-2)30-17-18-7-5-4-6-8-18/h4-16,27H,3,17H2,1-2H3. The SMILES string of the molecule is CCOc1ccc(C(=O)C=Cc2ccc(OCc3ccccc3)cc2OC)c(O)c1. The van der Waals surface area contributed by atoms with Crippen molar-refractivity contribution in [1.82, 2.24) is 0 Å². The Morgan fingerprint density at radius 3 is 2.40 bits per heavy atom. The Balaban J connectivity index is 1.71. The van der Waals surface area contributed by atoms with Crippen LogP contribution in [0.5, 0.6) is 23.0 Å². The van der Waals surface area contributed by atoms with Gasteiger partial charge in [-0.15, -0.1) is 0 Å². The molecule has 30 heavy (non-hydrogen) atoms. The number of benzene rings is 3. The normalized spacial score (nSPS) is 10.7. The van der Waals surface area contributed by atoms with Crippen LogP contribution in [0.15, 0.2) is 72.8 Å². The van der Waals surface area contributed by atoms with Crippen molar-refractivity contribution in [2.24, 2.45) is 0 Å². The first-order valence-corrected chi connectivity index (χ1v) is 9.63. The fourth-order valence-electron chi connectivity index (χ4n) is 2.89. The zero-order valence-electron chi connectivity index (χ0n) is 17.0. The number of carbonyl (C=O) groups is 1. The molecule has 0 saturated heterocycles. The topological polar surface area (TPSA) is 65.0 Å². The number of carbonyl (C=O) groups excluding carboxylic acids is 1. The van der Waals surface area contributed by atoms with Gasteiger partial charge in [-0.2, -0.15) is 0 Å². The number of methoxy groups -OCH3 is 1. The van der Waals surface area contributed by atoms with Gasteiger partial charge in [0.1, 0.15) is 29.6 Å². The van der Waals surface area contributed by atoms with Gasteiger partial charge in [-0.1, -0.05) is 30.3 Å². The molecule has 3 rings (SSSR count). The molecule has 0 aliphatic rings. The Bertz CT molecular complexity index is 1020. The van der Waals surface area contributed by atoms with Gasteiger partial charge in [-0.05, 0) is 48.9 Å². The Kier molecular flexibility index (Phi) is 7.11. The van der Waals surface area contributed by atoms with E-state index in [2.05, 4.69) is 0 Å². The number of aromatic hydroxyl groups is 1. The zero-order valence-corrected chi connectivity index (χ0v) is 17.0. The van der Waals surface area contributed by atoms with E-state index in [-0.39, 0.29) is 17.1 Å². The minimum atomic E-state index is -0.318. The molecular weight excluding hydrogens is 380 g/mol. The molecule has 0 fully saturated rings. The third-order valence-electron chi connectivity index (χ3n) is 4.41. The summed E-state index contributed by atoms with van der Waals surface area (Å²) >= 11 is 0. The summed E-state index contributed by atoms with van der Waals surface area (Å²) in [4.78, 5) is 12.5. The molecule has 5 nitrogen and oxygen atoms in total. The number of phenols is 1. The highest BCUT2D eigenvalue weighted by Gasteiger charge is 2.10. The van der Waals surface area contributed by atoms with Gasteiger partial charge in [-0.3, -0.25) is 4.79 Å².